The molecule has 2 fully saturated rings. The van der Waals surface area contributed by atoms with Gasteiger partial charge in [0.05, 0.1) is 5.75 Å². The predicted molar refractivity (Wildman–Crippen MR) is 115 cm³/mol. The number of piperazine rings is 1. The van der Waals surface area contributed by atoms with E-state index < -0.39 is 15.8 Å². The number of sulfonamides is 1. The van der Waals surface area contributed by atoms with Gasteiger partial charge in [-0.2, -0.15) is 4.31 Å². The molecule has 0 saturated carbocycles. The SMILES string of the molecule is C[C@@H]1CCCCN1CCN(CCS(=O)(=O)N1CCNCC1)C(=O)c1ccc(F)cc1. The molecule has 1 aromatic rings. The monoisotopic (exact) mass is 440 g/mol. The van der Waals surface area contributed by atoms with E-state index in [-0.39, 0.29) is 18.2 Å². The van der Waals surface area contributed by atoms with E-state index in [1.54, 1.807) is 4.90 Å². The summed E-state index contributed by atoms with van der Waals surface area (Å²) in [7, 11) is -3.43. The van der Waals surface area contributed by atoms with Gasteiger partial charge in [0.2, 0.25) is 10.0 Å². The highest BCUT2D eigenvalue weighted by Crippen LogP contribution is 2.16. The Balaban J connectivity index is 1.67. The van der Waals surface area contributed by atoms with E-state index in [1.165, 1.54) is 35.0 Å². The first-order valence-corrected chi connectivity index (χ1v) is 12.5. The van der Waals surface area contributed by atoms with Crippen molar-refractivity contribution >= 4 is 15.9 Å². The van der Waals surface area contributed by atoms with Crippen LogP contribution in [0, 0.1) is 5.82 Å². The Morgan fingerprint density at radius 1 is 1.13 bits per heavy atom. The van der Waals surface area contributed by atoms with Crippen molar-refractivity contribution in [2.45, 2.75) is 32.2 Å². The van der Waals surface area contributed by atoms with E-state index in [9.17, 15) is 17.6 Å². The Labute approximate surface area is 179 Å². The second kappa shape index (κ2) is 10.7. The van der Waals surface area contributed by atoms with E-state index in [1.807, 2.05) is 0 Å². The lowest BCUT2D eigenvalue weighted by Gasteiger charge is -2.35. The third-order valence-corrected chi connectivity index (χ3v) is 7.92. The Morgan fingerprint density at radius 2 is 1.83 bits per heavy atom. The second-order valence-electron chi connectivity index (χ2n) is 8.14. The van der Waals surface area contributed by atoms with Crippen LogP contribution < -0.4 is 5.32 Å². The van der Waals surface area contributed by atoms with Gasteiger partial charge in [-0.05, 0) is 50.6 Å². The number of rotatable bonds is 8. The first-order chi connectivity index (χ1) is 14.4. The van der Waals surface area contributed by atoms with Crippen molar-refractivity contribution in [3.8, 4) is 0 Å². The summed E-state index contributed by atoms with van der Waals surface area (Å²) in [5, 5.41) is 3.15. The molecule has 1 N–H and O–H groups in total. The molecule has 0 radical (unpaired) electrons. The lowest BCUT2D eigenvalue weighted by Crippen LogP contribution is -2.49. The summed E-state index contributed by atoms with van der Waals surface area (Å²) in [4.78, 5) is 17.0. The third kappa shape index (κ3) is 6.23. The molecule has 2 aliphatic heterocycles. The van der Waals surface area contributed by atoms with Crippen LogP contribution in [0.2, 0.25) is 0 Å². The summed E-state index contributed by atoms with van der Waals surface area (Å²) in [5.74, 6) is -0.758. The predicted octanol–water partition coefficient (Wildman–Crippen LogP) is 1.38. The highest BCUT2D eigenvalue weighted by molar-refractivity contribution is 7.89. The average Bonchev–Trinajstić information content (AvgIpc) is 2.75. The third-order valence-electron chi connectivity index (χ3n) is 6.06. The van der Waals surface area contributed by atoms with E-state index in [2.05, 4.69) is 17.1 Å². The number of likely N-dealkylation sites (tertiary alicyclic amines) is 1. The number of benzene rings is 1. The lowest BCUT2D eigenvalue weighted by molar-refractivity contribution is 0.0717. The first-order valence-electron chi connectivity index (χ1n) is 10.8. The summed E-state index contributed by atoms with van der Waals surface area (Å²) in [6, 6.07) is 5.90. The molecule has 1 aromatic carbocycles. The number of hydrogen-bond acceptors (Lipinski definition) is 5. The molecule has 0 bridgehead atoms. The van der Waals surface area contributed by atoms with Gasteiger partial charge in [-0.25, -0.2) is 12.8 Å². The zero-order chi connectivity index (χ0) is 21.6. The normalized spacial score (nSPS) is 21.5. The fourth-order valence-corrected chi connectivity index (χ4v) is 5.55. The van der Waals surface area contributed by atoms with Crippen molar-refractivity contribution in [2.75, 3.05) is 58.1 Å². The maximum Gasteiger partial charge on any atom is 0.253 e. The van der Waals surface area contributed by atoms with Crippen molar-refractivity contribution in [3.63, 3.8) is 0 Å². The molecule has 2 saturated heterocycles. The maximum absolute atomic E-state index is 13.3. The van der Waals surface area contributed by atoms with Gasteiger partial charge in [-0.1, -0.05) is 6.42 Å². The first kappa shape index (κ1) is 23.1. The van der Waals surface area contributed by atoms with Crippen LogP contribution in [-0.2, 0) is 10.0 Å². The number of halogens is 1. The quantitative estimate of drug-likeness (QED) is 0.661. The molecule has 0 aliphatic carbocycles. The Kier molecular flexibility index (Phi) is 8.21. The molecule has 1 atom stereocenters. The summed E-state index contributed by atoms with van der Waals surface area (Å²) in [5.41, 5.74) is 0.377. The molecule has 0 aromatic heterocycles. The molecular weight excluding hydrogens is 407 g/mol. The van der Waals surface area contributed by atoms with Crippen LogP contribution in [0.15, 0.2) is 24.3 Å². The van der Waals surface area contributed by atoms with E-state index >= 15 is 0 Å². The molecule has 2 aliphatic rings. The van der Waals surface area contributed by atoms with Crippen molar-refractivity contribution in [1.29, 1.82) is 0 Å². The van der Waals surface area contributed by atoms with Crippen LogP contribution in [-0.4, -0.2) is 92.6 Å². The molecule has 0 unspecified atom stereocenters. The second-order valence-corrected chi connectivity index (χ2v) is 10.2. The van der Waals surface area contributed by atoms with Gasteiger partial charge in [0.1, 0.15) is 5.82 Å². The molecule has 2 heterocycles. The molecule has 3 rings (SSSR count). The number of piperidine rings is 1. The molecule has 7 nitrogen and oxygen atoms in total. The number of carbonyl (C=O) groups excluding carboxylic acids is 1. The van der Waals surface area contributed by atoms with Crippen molar-refractivity contribution in [2.24, 2.45) is 0 Å². The van der Waals surface area contributed by atoms with Gasteiger partial charge in [0.15, 0.2) is 0 Å². The van der Waals surface area contributed by atoms with Crippen LogP contribution in [0.3, 0.4) is 0 Å². The summed E-state index contributed by atoms with van der Waals surface area (Å²) in [6.07, 6.45) is 3.51. The number of hydrogen-bond donors (Lipinski definition) is 1. The number of nitrogens with one attached hydrogen (secondary N) is 1. The summed E-state index contributed by atoms with van der Waals surface area (Å²) < 4.78 is 40.3. The number of nitrogens with zero attached hydrogens (tertiary/aromatic N) is 3. The van der Waals surface area contributed by atoms with Crippen LogP contribution in [0.4, 0.5) is 4.39 Å². The van der Waals surface area contributed by atoms with Crippen LogP contribution >= 0.6 is 0 Å². The zero-order valence-electron chi connectivity index (χ0n) is 17.7. The van der Waals surface area contributed by atoms with E-state index in [0.717, 1.165) is 19.4 Å². The van der Waals surface area contributed by atoms with Gasteiger partial charge < -0.3 is 10.2 Å². The standard InChI is InChI=1S/C21H33FN4O3S/c1-18-4-2-3-11-24(18)14-15-25(21(27)19-5-7-20(22)8-6-19)16-17-30(28,29)26-12-9-23-10-13-26/h5-8,18,23H,2-4,9-17H2,1H3/t18-/m1/s1. The average molecular weight is 441 g/mol. The van der Waals surface area contributed by atoms with Gasteiger partial charge in [0, 0.05) is 57.4 Å². The largest absolute Gasteiger partial charge is 0.336 e. The van der Waals surface area contributed by atoms with Crippen LogP contribution in [0.1, 0.15) is 36.5 Å². The summed E-state index contributed by atoms with van der Waals surface area (Å²) in [6.45, 7) is 6.69. The van der Waals surface area contributed by atoms with Crippen molar-refractivity contribution < 1.29 is 17.6 Å². The van der Waals surface area contributed by atoms with E-state index in [0.29, 0.717) is 50.9 Å². The fraction of sp³-hybridized carbons (Fsp3) is 0.667. The van der Waals surface area contributed by atoms with Crippen molar-refractivity contribution in [1.82, 2.24) is 19.4 Å². The van der Waals surface area contributed by atoms with Gasteiger partial charge in [-0.3, -0.25) is 9.69 Å². The maximum atomic E-state index is 13.3. The molecule has 9 heteroatoms. The van der Waals surface area contributed by atoms with Gasteiger partial charge >= 0.3 is 0 Å². The minimum Gasteiger partial charge on any atom is -0.336 e. The van der Waals surface area contributed by atoms with Crippen LogP contribution in [0.5, 0.6) is 0 Å². The highest BCUT2D eigenvalue weighted by atomic mass is 32.2. The Hall–Kier alpha value is -1.55. The minimum atomic E-state index is -3.43. The Morgan fingerprint density at radius 3 is 2.50 bits per heavy atom. The molecule has 0 spiro atoms. The Bertz CT molecular complexity index is 797. The topological polar surface area (TPSA) is 73.0 Å². The molecule has 1 amide bonds. The minimum absolute atomic E-state index is 0.102. The highest BCUT2D eigenvalue weighted by Gasteiger charge is 2.27. The molecule has 168 valence electrons. The van der Waals surface area contributed by atoms with E-state index in [4.69, 9.17) is 0 Å². The number of amides is 1. The van der Waals surface area contributed by atoms with Crippen molar-refractivity contribution in [3.05, 3.63) is 35.6 Å². The smallest absolute Gasteiger partial charge is 0.253 e. The summed E-state index contributed by atoms with van der Waals surface area (Å²) >= 11 is 0. The molecular formula is C21H33FN4O3S. The lowest BCUT2D eigenvalue weighted by atomic mass is 10.0. The zero-order valence-corrected chi connectivity index (χ0v) is 18.5. The fourth-order valence-electron chi connectivity index (χ4n) is 4.11. The number of carbonyl (C=O) groups is 1. The molecule has 30 heavy (non-hydrogen) atoms. The van der Waals surface area contributed by atoms with Crippen LogP contribution in [0.25, 0.3) is 0 Å². The van der Waals surface area contributed by atoms with Gasteiger partial charge in [-0.15, -0.1) is 0 Å². The van der Waals surface area contributed by atoms with Gasteiger partial charge in [0.25, 0.3) is 5.91 Å².